The van der Waals surface area contributed by atoms with Gasteiger partial charge < -0.3 is 9.73 Å². The first-order valence-electron chi connectivity index (χ1n) is 10.9. The molecule has 0 aliphatic heterocycles. The molecule has 1 amide bonds. The van der Waals surface area contributed by atoms with Crippen molar-refractivity contribution >= 4 is 35.1 Å². The molecule has 4 rings (SSSR count). The second-order valence-electron chi connectivity index (χ2n) is 7.67. The molecule has 0 spiro atoms. The molecule has 8 nitrogen and oxygen atoms in total. The third-order valence-corrected chi connectivity index (χ3v) is 6.77. The molecule has 34 heavy (non-hydrogen) atoms. The van der Waals surface area contributed by atoms with Crippen LogP contribution in [-0.2, 0) is 23.5 Å². The van der Waals surface area contributed by atoms with Crippen molar-refractivity contribution in [2.24, 2.45) is 0 Å². The lowest BCUT2D eigenvalue weighted by Crippen LogP contribution is -2.15. The normalized spacial score (nSPS) is 11.0. The molecule has 176 valence electrons. The Labute approximate surface area is 207 Å². The molecular formula is C24H26N6O2S2. The van der Waals surface area contributed by atoms with Crippen LogP contribution < -0.4 is 5.32 Å². The van der Waals surface area contributed by atoms with Crippen LogP contribution in [0.1, 0.15) is 35.5 Å². The molecule has 3 heterocycles. The van der Waals surface area contributed by atoms with Gasteiger partial charge in [-0.1, -0.05) is 42.6 Å². The molecule has 0 aliphatic carbocycles. The first kappa shape index (κ1) is 24.0. The molecule has 0 saturated carbocycles. The van der Waals surface area contributed by atoms with Gasteiger partial charge in [-0.15, -0.1) is 10.2 Å². The maximum Gasteiger partial charge on any atom is 0.234 e. The molecule has 0 unspecified atom stereocenters. The molecule has 1 aromatic carbocycles. The van der Waals surface area contributed by atoms with Crippen molar-refractivity contribution in [1.82, 2.24) is 24.7 Å². The Hall–Kier alpha value is -3.11. The number of carbonyl (C=O) groups excluding carboxylic acids is 1. The highest BCUT2D eigenvalue weighted by Crippen LogP contribution is 2.24. The number of hydrogen-bond donors (Lipinski definition) is 1. The first-order chi connectivity index (χ1) is 16.5. The first-order valence-corrected chi connectivity index (χ1v) is 12.9. The highest BCUT2D eigenvalue weighted by atomic mass is 32.2. The van der Waals surface area contributed by atoms with Crippen molar-refractivity contribution < 1.29 is 9.21 Å². The number of furan rings is 1. The Morgan fingerprint density at radius 3 is 2.50 bits per heavy atom. The van der Waals surface area contributed by atoms with Crippen molar-refractivity contribution in [1.29, 1.82) is 0 Å². The SMILES string of the molecule is CCc1ccc(NC(=O)CSc2nnc(CSc3nc(C)cc(C)n3)n2Cc2ccco2)cc1. The van der Waals surface area contributed by atoms with Gasteiger partial charge in [-0.05, 0) is 56.2 Å². The molecule has 0 radical (unpaired) electrons. The summed E-state index contributed by atoms with van der Waals surface area (Å²) >= 11 is 2.85. The molecule has 0 saturated heterocycles. The fraction of sp³-hybridized carbons (Fsp3) is 0.292. The van der Waals surface area contributed by atoms with E-state index in [1.54, 1.807) is 6.26 Å². The van der Waals surface area contributed by atoms with Gasteiger partial charge in [0.05, 0.1) is 24.3 Å². The number of rotatable bonds is 10. The topological polar surface area (TPSA) is 98.7 Å². The summed E-state index contributed by atoms with van der Waals surface area (Å²) in [4.78, 5) is 21.5. The van der Waals surface area contributed by atoms with Crippen LogP contribution in [0, 0.1) is 13.8 Å². The van der Waals surface area contributed by atoms with Crippen molar-refractivity contribution in [3.63, 3.8) is 0 Å². The maximum atomic E-state index is 12.5. The van der Waals surface area contributed by atoms with Crippen molar-refractivity contribution in [2.45, 2.75) is 49.8 Å². The highest BCUT2D eigenvalue weighted by Gasteiger charge is 2.17. The van der Waals surface area contributed by atoms with Gasteiger partial charge in [-0.2, -0.15) is 0 Å². The molecular weight excluding hydrogens is 468 g/mol. The molecule has 10 heteroatoms. The molecule has 0 bridgehead atoms. The van der Waals surface area contributed by atoms with E-state index in [0.717, 1.165) is 35.1 Å². The predicted molar refractivity (Wildman–Crippen MR) is 134 cm³/mol. The minimum atomic E-state index is -0.0960. The lowest BCUT2D eigenvalue weighted by Gasteiger charge is -2.09. The van der Waals surface area contributed by atoms with Crippen molar-refractivity contribution in [3.05, 3.63) is 77.3 Å². The smallest absolute Gasteiger partial charge is 0.234 e. The Morgan fingerprint density at radius 2 is 1.82 bits per heavy atom. The summed E-state index contributed by atoms with van der Waals surface area (Å²) < 4.78 is 7.51. The Morgan fingerprint density at radius 1 is 1.06 bits per heavy atom. The summed E-state index contributed by atoms with van der Waals surface area (Å²) in [6.45, 7) is 6.49. The molecule has 3 aromatic heterocycles. The van der Waals surface area contributed by atoms with Gasteiger partial charge in [0.25, 0.3) is 0 Å². The molecule has 0 aliphatic rings. The molecule has 4 aromatic rings. The van der Waals surface area contributed by atoms with Crippen LogP contribution in [0.4, 0.5) is 5.69 Å². The summed E-state index contributed by atoms with van der Waals surface area (Å²) in [6.07, 6.45) is 2.60. The maximum absolute atomic E-state index is 12.5. The van der Waals surface area contributed by atoms with Crippen molar-refractivity contribution in [3.8, 4) is 0 Å². The second kappa shape index (κ2) is 11.3. The molecule has 0 fully saturated rings. The van der Waals surface area contributed by atoms with Gasteiger partial charge in [-0.3, -0.25) is 9.36 Å². The van der Waals surface area contributed by atoms with E-state index in [-0.39, 0.29) is 11.7 Å². The van der Waals surface area contributed by atoms with Crippen LogP contribution >= 0.6 is 23.5 Å². The number of nitrogens with zero attached hydrogens (tertiary/aromatic N) is 5. The molecule has 0 atom stereocenters. The van der Waals surface area contributed by atoms with Crippen LogP contribution in [0.25, 0.3) is 0 Å². The fourth-order valence-corrected chi connectivity index (χ4v) is 4.93. The number of amides is 1. The van der Waals surface area contributed by atoms with Crippen molar-refractivity contribution in [2.75, 3.05) is 11.1 Å². The monoisotopic (exact) mass is 494 g/mol. The van der Waals surface area contributed by atoms with E-state index in [1.807, 2.05) is 60.9 Å². The minimum absolute atomic E-state index is 0.0960. The zero-order valence-electron chi connectivity index (χ0n) is 19.3. The summed E-state index contributed by atoms with van der Waals surface area (Å²) in [7, 11) is 0. The number of nitrogens with one attached hydrogen (secondary N) is 1. The lowest BCUT2D eigenvalue weighted by atomic mass is 10.1. The minimum Gasteiger partial charge on any atom is -0.467 e. The van der Waals surface area contributed by atoms with Crippen LogP contribution in [0.15, 0.2) is 63.5 Å². The summed E-state index contributed by atoms with van der Waals surface area (Å²) in [5.74, 6) is 2.23. The Kier molecular flexibility index (Phi) is 8.02. The van der Waals surface area contributed by atoms with E-state index < -0.39 is 0 Å². The van der Waals surface area contributed by atoms with Gasteiger partial charge >= 0.3 is 0 Å². The van der Waals surface area contributed by atoms with Gasteiger partial charge in [0, 0.05) is 17.1 Å². The summed E-state index contributed by atoms with van der Waals surface area (Å²) in [5.41, 5.74) is 3.87. The highest BCUT2D eigenvalue weighted by molar-refractivity contribution is 7.99. The Bertz CT molecular complexity index is 1220. The number of aromatic nitrogens is 5. The average molecular weight is 495 g/mol. The third-order valence-electron chi connectivity index (χ3n) is 4.96. The van der Waals surface area contributed by atoms with Gasteiger partial charge in [0.2, 0.25) is 5.91 Å². The lowest BCUT2D eigenvalue weighted by molar-refractivity contribution is -0.113. The molecule has 1 N–H and O–H groups in total. The largest absolute Gasteiger partial charge is 0.467 e. The number of thioether (sulfide) groups is 2. The van der Waals surface area contributed by atoms with Crippen LogP contribution in [0.2, 0.25) is 0 Å². The van der Waals surface area contributed by atoms with E-state index in [9.17, 15) is 4.79 Å². The fourth-order valence-electron chi connectivity index (χ4n) is 3.29. The van der Waals surface area contributed by atoms with E-state index in [4.69, 9.17) is 4.42 Å². The number of anilines is 1. The van der Waals surface area contributed by atoms with Crippen LogP contribution in [0.3, 0.4) is 0 Å². The second-order valence-corrected chi connectivity index (χ2v) is 9.56. The van der Waals surface area contributed by atoms with Gasteiger partial charge in [0.15, 0.2) is 10.3 Å². The number of hydrogen-bond acceptors (Lipinski definition) is 8. The number of carbonyl (C=O) groups is 1. The van der Waals surface area contributed by atoms with E-state index >= 15 is 0 Å². The van der Waals surface area contributed by atoms with Gasteiger partial charge in [0.1, 0.15) is 11.6 Å². The third kappa shape index (κ3) is 6.48. The number of benzene rings is 1. The predicted octanol–water partition coefficient (Wildman–Crippen LogP) is 4.91. The standard InChI is InChI=1S/C24H26N6O2S2/c1-4-18-7-9-19(10-8-18)27-22(31)15-34-24-29-28-21(30(24)13-20-6-5-11-32-20)14-33-23-25-16(2)12-17(3)26-23/h5-12H,4,13-15H2,1-3H3,(H,27,31). The van der Waals surface area contributed by atoms with Crippen LogP contribution in [-0.4, -0.2) is 36.4 Å². The average Bonchev–Trinajstić information content (AvgIpc) is 3.46. The van der Waals surface area contributed by atoms with Gasteiger partial charge in [-0.25, -0.2) is 9.97 Å². The van der Waals surface area contributed by atoms with E-state index in [0.29, 0.717) is 22.6 Å². The zero-order chi connectivity index (χ0) is 23.9. The summed E-state index contributed by atoms with van der Waals surface area (Å²) in [5, 5.41) is 13.0. The van der Waals surface area contributed by atoms with E-state index in [2.05, 4.69) is 32.4 Å². The summed E-state index contributed by atoms with van der Waals surface area (Å²) in [6, 6.07) is 13.6. The quantitative estimate of drug-likeness (QED) is 0.245. The van der Waals surface area contributed by atoms with E-state index in [1.165, 1.54) is 29.1 Å². The van der Waals surface area contributed by atoms with Crippen LogP contribution in [0.5, 0.6) is 0 Å². The number of aryl methyl sites for hydroxylation is 3. The zero-order valence-corrected chi connectivity index (χ0v) is 20.9. The Balaban J connectivity index is 1.44.